The number of amides is 2. The van der Waals surface area contributed by atoms with Crippen LogP contribution in [0, 0.1) is 11.3 Å². The van der Waals surface area contributed by atoms with Gasteiger partial charge in [-0.3, -0.25) is 9.59 Å². The predicted molar refractivity (Wildman–Crippen MR) is 116 cm³/mol. The number of carbonyl (C=O) groups excluding carboxylic acids is 2. The van der Waals surface area contributed by atoms with Crippen LogP contribution in [0.4, 0.5) is 5.69 Å². The molecule has 4 rings (SSSR count). The molecule has 6 heteroatoms. The van der Waals surface area contributed by atoms with Gasteiger partial charge < -0.3 is 4.74 Å². The highest BCUT2D eigenvalue weighted by Crippen LogP contribution is 2.41. The third kappa shape index (κ3) is 3.59. The average Bonchev–Trinajstić information content (AvgIpc) is 3.04. The first-order valence-corrected chi connectivity index (χ1v) is 9.94. The first-order valence-electron chi connectivity index (χ1n) is 9.13. The Hall–Kier alpha value is -3.82. The van der Waals surface area contributed by atoms with Crippen molar-refractivity contribution >= 4 is 34.8 Å². The van der Waals surface area contributed by atoms with Gasteiger partial charge in [-0.05, 0) is 54.1 Å². The molecule has 0 saturated carbocycles. The van der Waals surface area contributed by atoms with Crippen LogP contribution in [-0.4, -0.2) is 18.9 Å². The van der Waals surface area contributed by atoms with Gasteiger partial charge in [0, 0.05) is 4.90 Å². The zero-order valence-corrected chi connectivity index (χ0v) is 16.8. The van der Waals surface area contributed by atoms with Crippen LogP contribution in [0.1, 0.15) is 11.1 Å². The average molecular weight is 412 g/mol. The highest BCUT2D eigenvalue weighted by Gasteiger charge is 2.40. The molecule has 146 valence electrons. The van der Waals surface area contributed by atoms with E-state index >= 15 is 0 Å². The second-order valence-corrected chi connectivity index (χ2v) is 7.54. The molecule has 3 aromatic rings. The minimum atomic E-state index is -0.395. The summed E-state index contributed by atoms with van der Waals surface area (Å²) in [5.41, 5.74) is 1.88. The van der Waals surface area contributed by atoms with E-state index in [2.05, 4.69) is 0 Å². The summed E-state index contributed by atoms with van der Waals surface area (Å²) in [6.45, 7) is 0. The van der Waals surface area contributed by atoms with E-state index < -0.39 is 5.91 Å². The molecule has 0 bridgehead atoms. The summed E-state index contributed by atoms with van der Waals surface area (Å²) in [5, 5.41) is 9.02. The van der Waals surface area contributed by atoms with Crippen LogP contribution in [0.5, 0.6) is 5.75 Å². The molecule has 1 aliphatic heterocycles. The molecule has 0 fully saturated rings. The highest BCUT2D eigenvalue weighted by molar-refractivity contribution is 8.04. The number of nitrogens with zero attached hydrogens (tertiary/aromatic N) is 2. The molecule has 2 amide bonds. The summed E-state index contributed by atoms with van der Waals surface area (Å²) in [4.78, 5) is 29.1. The third-order valence-corrected chi connectivity index (χ3v) is 5.73. The van der Waals surface area contributed by atoms with Gasteiger partial charge in [0.25, 0.3) is 11.8 Å². The number of ether oxygens (including phenoxy) is 1. The zero-order valence-electron chi connectivity index (χ0n) is 16.0. The maximum absolute atomic E-state index is 13.4. The quantitative estimate of drug-likeness (QED) is 0.571. The van der Waals surface area contributed by atoms with E-state index in [1.807, 2.05) is 36.4 Å². The number of imide groups is 1. The first-order chi connectivity index (χ1) is 14.6. The largest absolute Gasteiger partial charge is 0.497 e. The molecule has 0 aromatic heterocycles. The lowest BCUT2D eigenvalue weighted by Gasteiger charge is -2.15. The van der Waals surface area contributed by atoms with Crippen LogP contribution in [0.25, 0.3) is 5.57 Å². The Morgan fingerprint density at radius 3 is 2.13 bits per heavy atom. The van der Waals surface area contributed by atoms with E-state index in [1.165, 1.54) is 11.8 Å². The summed E-state index contributed by atoms with van der Waals surface area (Å²) in [6, 6.07) is 24.9. The van der Waals surface area contributed by atoms with E-state index in [-0.39, 0.29) is 5.91 Å². The lowest BCUT2D eigenvalue weighted by Crippen LogP contribution is -2.31. The van der Waals surface area contributed by atoms with Crippen molar-refractivity contribution in [3.05, 3.63) is 94.9 Å². The lowest BCUT2D eigenvalue weighted by molar-refractivity contribution is -0.119. The lowest BCUT2D eigenvalue weighted by atomic mass is 10.1. The summed E-state index contributed by atoms with van der Waals surface area (Å²) < 4.78 is 5.20. The number of hydrogen-bond donors (Lipinski definition) is 0. The van der Waals surface area contributed by atoms with Crippen molar-refractivity contribution < 1.29 is 14.3 Å². The molecule has 1 aliphatic rings. The number of anilines is 1. The van der Waals surface area contributed by atoms with Gasteiger partial charge in [0.15, 0.2) is 0 Å². The minimum absolute atomic E-state index is 0.348. The van der Waals surface area contributed by atoms with Crippen LogP contribution < -0.4 is 9.64 Å². The monoisotopic (exact) mass is 412 g/mol. The molecular formula is C24H16N2O3S. The van der Waals surface area contributed by atoms with Gasteiger partial charge in [-0.25, -0.2) is 4.90 Å². The standard InChI is InChI=1S/C24H16N2O3S/c1-29-19-13-9-17(10-14-19)21-22(30-20-5-3-2-4-6-20)24(28)26(23(21)27)18-11-7-16(15-25)8-12-18/h2-14H,1H3. The Morgan fingerprint density at radius 1 is 0.867 bits per heavy atom. The predicted octanol–water partition coefficient (Wildman–Crippen LogP) is 4.64. The Labute approximate surface area is 178 Å². The Morgan fingerprint density at radius 2 is 1.53 bits per heavy atom. The molecule has 0 unspecified atom stereocenters. The number of carbonyl (C=O) groups is 2. The van der Waals surface area contributed by atoms with E-state index in [1.54, 1.807) is 55.6 Å². The van der Waals surface area contributed by atoms with Crippen LogP contribution in [-0.2, 0) is 9.59 Å². The molecule has 5 nitrogen and oxygen atoms in total. The van der Waals surface area contributed by atoms with Gasteiger partial charge in [-0.15, -0.1) is 0 Å². The van der Waals surface area contributed by atoms with Crippen LogP contribution in [0.3, 0.4) is 0 Å². The van der Waals surface area contributed by atoms with E-state index in [0.29, 0.717) is 33.0 Å². The fourth-order valence-electron chi connectivity index (χ4n) is 3.14. The van der Waals surface area contributed by atoms with Crippen molar-refractivity contribution in [3.8, 4) is 11.8 Å². The Balaban J connectivity index is 1.79. The number of methoxy groups -OCH3 is 1. The molecule has 0 spiro atoms. The van der Waals surface area contributed by atoms with Crippen molar-refractivity contribution in [1.29, 1.82) is 5.26 Å². The van der Waals surface area contributed by atoms with Crippen molar-refractivity contribution in [1.82, 2.24) is 0 Å². The molecule has 0 radical (unpaired) electrons. The highest BCUT2D eigenvalue weighted by atomic mass is 32.2. The van der Waals surface area contributed by atoms with Gasteiger partial charge in [-0.2, -0.15) is 5.26 Å². The number of rotatable bonds is 5. The molecule has 0 aliphatic carbocycles. The molecule has 3 aromatic carbocycles. The minimum Gasteiger partial charge on any atom is -0.497 e. The fourth-order valence-corrected chi connectivity index (χ4v) is 4.16. The molecule has 30 heavy (non-hydrogen) atoms. The van der Waals surface area contributed by atoms with E-state index in [9.17, 15) is 9.59 Å². The number of hydrogen-bond acceptors (Lipinski definition) is 5. The topological polar surface area (TPSA) is 70.4 Å². The Kier molecular flexibility index (Phi) is 5.38. The van der Waals surface area contributed by atoms with Gasteiger partial charge >= 0.3 is 0 Å². The second-order valence-electron chi connectivity index (χ2n) is 6.45. The van der Waals surface area contributed by atoms with Gasteiger partial charge in [0.2, 0.25) is 0 Å². The number of thioether (sulfide) groups is 1. The van der Waals surface area contributed by atoms with Crippen molar-refractivity contribution in [2.45, 2.75) is 4.90 Å². The van der Waals surface area contributed by atoms with Gasteiger partial charge in [0.05, 0.1) is 34.9 Å². The van der Waals surface area contributed by atoms with Crippen molar-refractivity contribution in [2.75, 3.05) is 12.0 Å². The van der Waals surface area contributed by atoms with Gasteiger partial charge in [-0.1, -0.05) is 42.1 Å². The summed E-state index contributed by atoms with van der Waals surface area (Å²) in [5.74, 6) is -0.116. The van der Waals surface area contributed by atoms with E-state index in [0.717, 1.165) is 9.80 Å². The van der Waals surface area contributed by atoms with E-state index in [4.69, 9.17) is 10.00 Å². The number of nitriles is 1. The first kappa shape index (κ1) is 19.5. The summed E-state index contributed by atoms with van der Waals surface area (Å²) in [6.07, 6.45) is 0. The molecule has 0 N–H and O–H groups in total. The SMILES string of the molecule is COc1ccc(C2=C(Sc3ccccc3)C(=O)N(c3ccc(C#N)cc3)C2=O)cc1. The summed E-state index contributed by atoms with van der Waals surface area (Å²) in [7, 11) is 1.57. The Bertz CT molecular complexity index is 1180. The maximum Gasteiger partial charge on any atom is 0.272 e. The smallest absolute Gasteiger partial charge is 0.272 e. The molecule has 0 atom stereocenters. The number of benzene rings is 3. The van der Waals surface area contributed by atoms with Crippen molar-refractivity contribution in [3.63, 3.8) is 0 Å². The maximum atomic E-state index is 13.4. The zero-order chi connectivity index (χ0) is 21.1. The van der Waals surface area contributed by atoms with Crippen LogP contribution in [0.2, 0.25) is 0 Å². The van der Waals surface area contributed by atoms with Gasteiger partial charge in [0.1, 0.15) is 5.75 Å². The fraction of sp³-hybridized carbons (Fsp3) is 0.0417. The molecular weight excluding hydrogens is 396 g/mol. The van der Waals surface area contributed by atoms with Crippen LogP contribution >= 0.6 is 11.8 Å². The normalized spacial score (nSPS) is 13.5. The molecule has 1 heterocycles. The van der Waals surface area contributed by atoms with Crippen molar-refractivity contribution in [2.24, 2.45) is 0 Å². The second kappa shape index (κ2) is 8.27. The molecule has 0 saturated heterocycles. The third-order valence-electron chi connectivity index (χ3n) is 4.64. The van der Waals surface area contributed by atoms with Crippen LogP contribution in [0.15, 0.2) is 88.7 Å². The summed E-state index contributed by atoms with van der Waals surface area (Å²) >= 11 is 1.27.